The Morgan fingerprint density at radius 3 is 2.81 bits per heavy atom. The molecule has 1 aromatic heterocycles. The summed E-state index contributed by atoms with van der Waals surface area (Å²) in [6, 6.07) is 7.60. The van der Waals surface area contributed by atoms with E-state index in [2.05, 4.69) is 5.16 Å². The number of nitrogens with zero attached hydrogens (tertiary/aromatic N) is 1. The zero-order valence-corrected chi connectivity index (χ0v) is 8.78. The lowest BCUT2D eigenvalue weighted by Gasteiger charge is -1.98. The summed E-state index contributed by atoms with van der Waals surface area (Å²) >= 11 is 5.65. The number of furan rings is 1. The van der Waals surface area contributed by atoms with Crippen LogP contribution in [0.2, 0.25) is 5.02 Å². The molecular weight excluding hydrogens is 233 g/mol. The van der Waals surface area contributed by atoms with Crippen LogP contribution in [-0.4, -0.2) is 11.4 Å². The van der Waals surface area contributed by atoms with Crippen molar-refractivity contribution >= 4 is 17.8 Å². The van der Waals surface area contributed by atoms with Gasteiger partial charge in [-0.3, -0.25) is 0 Å². The van der Waals surface area contributed by atoms with Crippen molar-refractivity contribution in [1.82, 2.24) is 0 Å². The maximum absolute atomic E-state index is 12.9. The molecule has 1 aromatic carbocycles. The minimum absolute atomic E-state index is 0.0336. The lowest BCUT2D eigenvalue weighted by Crippen LogP contribution is -1.79. The van der Waals surface area contributed by atoms with E-state index >= 15 is 0 Å². The van der Waals surface area contributed by atoms with Crippen LogP contribution in [0.15, 0.2) is 39.9 Å². The van der Waals surface area contributed by atoms with Crippen LogP contribution in [0.5, 0.6) is 0 Å². The van der Waals surface area contributed by atoms with Crippen molar-refractivity contribution in [2.75, 3.05) is 0 Å². The first kappa shape index (κ1) is 10.7. The van der Waals surface area contributed by atoms with Crippen molar-refractivity contribution in [3.05, 3.63) is 46.9 Å². The Kier molecular flexibility index (Phi) is 2.92. The third-order valence-corrected chi connectivity index (χ3v) is 2.31. The lowest BCUT2D eigenvalue weighted by molar-refractivity contribution is 0.321. The molecule has 0 aliphatic heterocycles. The standard InChI is InChI=1S/C11H7ClFNO2/c12-9-5-7(1-3-10(9)13)11-4-2-8(16-11)6-14-15/h1-6,15H/b14-6+. The Bertz CT molecular complexity index is 537. The highest BCUT2D eigenvalue weighted by atomic mass is 35.5. The molecule has 0 radical (unpaired) electrons. The Hall–Kier alpha value is -1.81. The molecule has 0 aliphatic carbocycles. The van der Waals surface area contributed by atoms with Crippen molar-refractivity contribution in [2.24, 2.45) is 5.16 Å². The number of hydrogen-bond acceptors (Lipinski definition) is 3. The zero-order chi connectivity index (χ0) is 11.5. The van der Waals surface area contributed by atoms with Crippen LogP contribution in [0.25, 0.3) is 11.3 Å². The summed E-state index contributed by atoms with van der Waals surface area (Å²) in [4.78, 5) is 0. The second kappa shape index (κ2) is 4.37. The first-order valence-electron chi connectivity index (χ1n) is 4.43. The van der Waals surface area contributed by atoms with Gasteiger partial charge < -0.3 is 9.62 Å². The number of hydrogen-bond donors (Lipinski definition) is 1. The molecule has 2 rings (SSSR count). The Morgan fingerprint density at radius 1 is 1.31 bits per heavy atom. The van der Waals surface area contributed by atoms with Gasteiger partial charge in [0.2, 0.25) is 0 Å². The molecule has 0 atom stereocenters. The Labute approximate surface area is 95.8 Å². The highest BCUT2D eigenvalue weighted by Crippen LogP contribution is 2.26. The van der Waals surface area contributed by atoms with Crippen molar-refractivity contribution in [2.45, 2.75) is 0 Å². The highest BCUT2D eigenvalue weighted by molar-refractivity contribution is 6.31. The molecule has 5 heteroatoms. The summed E-state index contributed by atoms with van der Waals surface area (Å²) in [5, 5.41) is 11.2. The van der Waals surface area contributed by atoms with Crippen LogP contribution in [0, 0.1) is 5.82 Å². The predicted molar refractivity (Wildman–Crippen MR) is 58.5 cm³/mol. The van der Waals surface area contributed by atoms with Crippen LogP contribution in [0.1, 0.15) is 5.76 Å². The minimum Gasteiger partial charge on any atom is -0.455 e. The highest BCUT2D eigenvalue weighted by Gasteiger charge is 2.06. The van der Waals surface area contributed by atoms with Gasteiger partial charge in [0, 0.05) is 5.56 Å². The average Bonchev–Trinajstić information content (AvgIpc) is 2.71. The third kappa shape index (κ3) is 2.06. The number of oxime groups is 1. The smallest absolute Gasteiger partial charge is 0.149 e. The molecule has 0 amide bonds. The first-order valence-corrected chi connectivity index (χ1v) is 4.81. The molecule has 82 valence electrons. The summed E-state index contributed by atoms with van der Waals surface area (Å²) in [5.74, 6) is 0.448. The van der Waals surface area contributed by atoms with E-state index in [1.54, 1.807) is 18.2 Å². The minimum atomic E-state index is -0.478. The molecule has 0 spiro atoms. The van der Waals surface area contributed by atoms with E-state index in [1.807, 2.05) is 0 Å². The van der Waals surface area contributed by atoms with Crippen molar-refractivity contribution in [3.8, 4) is 11.3 Å². The lowest BCUT2D eigenvalue weighted by atomic mass is 10.2. The first-order chi connectivity index (χ1) is 7.70. The van der Waals surface area contributed by atoms with Gasteiger partial charge in [0.05, 0.1) is 5.02 Å². The molecule has 0 saturated heterocycles. The van der Waals surface area contributed by atoms with E-state index in [4.69, 9.17) is 21.2 Å². The van der Waals surface area contributed by atoms with Gasteiger partial charge in [-0.15, -0.1) is 0 Å². The quantitative estimate of drug-likeness (QED) is 0.495. The van der Waals surface area contributed by atoms with E-state index in [0.29, 0.717) is 17.1 Å². The summed E-state index contributed by atoms with van der Waals surface area (Å²) in [6.07, 6.45) is 1.16. The van der Waals surface area contributed by atoms with Gasteiger partial charge >= 0.3 is 0 Å². The maximum Gasteiger partial charge on any atom is 0.149 e. The van der Waals surface area contributed by atoms with Gasteiger partial charge in [-0.05, 0) is 30.3 Å². The fourth-order valence-corrected chi connectivity index (χ4v) is 1.46. The number of halogens is 2. The van der Waals surface area contributed by atoms with E-state index in [9.17, 15) is 4.39 Å². The fourth-order valence-electron chi connectivity index (χ4n) is 1.28. The molecule has 3 nitrogen and oxygen atoms in total. The average molecular weight is 240 g/mol. The SMILES string of the molecule is O/N=C/c1ccc(-c2ccc(F)c(Cl)c2)o1. The normalized spacial score (nSPS) is 11.1. The molecule has 1 heterocycles. The van der Waals surface area contributed by atoms with Crippen molar-refractivity contribution < 1.29 is 14.0 Å². The number of rotatable bonds is 2. The Morgan fingerprint density at radius 2 is 2.12 bits per heavy atom. The Balaban J connectivity index is 2.38. The van der Waals surface area contributed by atoms with Gasteiger partial charge in [-0.1, -0.05) is 16.8 Å². The molecular formula is C11H7ClFNO2. The van der Waals surface area contributed by atoms with Crippen molar-refractivity contribution in [1.29, 1.82) is 0 Å². The molecule has 0 fully saturated rings. The van der Waals surface area contributed by atoms with E-state index < -0.39 is 5.82 Å². The monoisotopic (exact) mass is 239 g/mol. The topological polar surface area (TPSA) is 45.7 Å². The largest absolute Gasteiger partial charge is 0.455 e. The number of benzene rings is 1. The third-order valence-electron chi connectivity index (χ3n) is 2.02. The molecule has 0 saturated carbocycles. The zero-order valence-electron chi connectivity index (χ0n) is 8.02. The molecule has 1 N–H and O–H groups in total. The molecule has 0 bridgehead atoms. The van der Waals surface area contributed by atoms with Gasteiger partial charge in [0.15, 0.2) is 0 Å². The van der Waals surface area contributed by atoms with Gasteiger partial charge in [0.25, 0.3) is 0 Å². The van der Waals surface area contributed by atoms with E-state index in [0.717, 1.165) is 6.21 Å². The summed E-state index contributed by atoms with van der Waals surface area (Å²) in [5.41, 5.74) is 0.656. The van der Waals surface area contributed by atoms with Crippen molar-refractivity contribution in [3.63, 3.8) is 0 Å². The van der Waals surface area contributed by atoms with Gasteiger partial charge in [0.1, 0.15) is 23.6 Å². The second-order valence-corrected chi connectivity index (χ2v) is 3.48. The summed E-state index contributed by atoms with van der Waals surface area (Å²) in [6.45, 7) is 0. The molecule has 0 unspecified atom stereocenters. The van der Waals surface area contributed by atoms with E-state index in [1.165, 1.54) is 12.1 Å². The molecule has 16 heavy (non-hydrogen) atoms. The second-order valence-electron chi connectivity index (χ2n) is 3.08. The van der Waals surface area contributed by atoms with Crippen LogP contribution in [0.3, 0.4) is 0 Å². The van der Waals surface area contributed by atoms with Crippen LogP contribution < -0.4 is 0 Å². The summed E-state index contributed by atoms with van der Waals surface area (Å²) in [7, 11) is 0. The molecule has 2 aromatic rings. The van der Waals surface area contributed by atoms with Crippen LogP contribution in [-0.2, 0) is 0 Å². The maximum atomic E-state index is 12.9. The molecule has 0 aliphatic rings. The fraction of sp³-hybridized carbons (Fsp3) is 0. The van der Waals surface area contributed by atoms with Crippen LogP contribution in [0.4, 0.5) is 4.39 Å². The summed E-state index contributed by atoms with van der Waals surface area (Å²) < 4.78 is 18.2. The van der Waals surface area contributed by atoms with Crippen LogP contribution >= 0.6 is 11.6 Å². The van der Waals surface area contributed by atoms with E-state index in [-0.39, 0.29) is 5.02 Å². The van der Waals surface area contributed by atoms with Gasteiger partial charge in [-0.25, -0.2) is 4.39 Å². The predicted octanol–water partition coefficient (Wildman–Crippen LogP) is 3.55. The van der Waals surface area contributed by atoms with Gasteiger partial charge in [-0.2, -0.15) is 0 Å².